The van der Waals surface area contributed by atoms with E-state index in [2.05, 4.69) is 27.0 Å². The summed E-state index contributed by atoms with van der Waals surface area (Å²) in [6.45, 7) is 6.60. The van der Waals surface area contributed by atoms with Gasteiger partial charge >= 0.3 is 0 Å². The fourth-order valence-corrected chi connectivity index (χ4v) is 4.30. The highest BCUT2D eigenvalue weighted by molar-refractivity contribution is 5.73. The van der Waals surface area contributed by atoms with Gasteiger partial charge in [-0.15, -0.1) is 0 Å². The van der Waals surface area contributed by atoms with Gasteiger partial charge in [0, 0.05) is 44.4 Å². The fraction of sp³-hybridized carbons (Fsp3) is 0.556. The van der Waals surface area contributed by atoms with Crippen LogP contribution < -0.4 is 4.90 Å². The second-order valence-electron chi connectivity index (χ2n) is 7.20. The first-order chi connectivity index (χ1) is 12.6. The summed E-state index contributed by atoms with van der Waals surface area (Å²) in [5.74, 6) is 1.82. The van der Waals surface area contributed by atoms with Crippen molar-refractivity contribution >= 4 is 11.3 Å². The SMILES string of the molecule is Cc1nn(C)c2c1CN(c1ncnn3c(C)nc([C@H]4CCCO4)c13)CC2. The Balaban J connectivity index is 1.62. The summed E-state index contributed by atoms with van der Waals surface area (Å²) in [4.78, 5) is 11.8. The van der Waals surface area contributed by atoms with Crippen molar-refractivity contribution in [3.8, 4) is 0 Å². The third-order valence-electron chi connectivity index (χ3n) is 5.58. The van der Waals surface area contributed by atoms with Crippen LogP contribution in [0.15, 0.2) is 6.33 Å². The smallest absolute Gasteiger partial charge is 0.158 e. The summed E-state index contributed by atoms with van der Waals surface area (Å²) in [6.07, 6.45) is 4.72. The molecule has 5 heterocycles. The summed E-state index contributed by atoms with van der Waals surface area (Å²) in [5.41, 5.74) is 5.70. The van der Waals surface area contributed by atoms with Crippen molar-refractivity contribution in [1.82, 2.24) is 29.4 Å². The van der Waals surface area contributed by atoms with Crippen LogP contribution in [0.2, 0.25) is 0 Å². The van der Waals surface area contributed by atoms with Crippen molar-refractivity contribution in [2.75, 3.05) is 18.1 Å². The van der Waals surface area contributed by atoms with E-state index in [9.17, 15) is 0 Å². The van der Waals surface area contributed by atoms with Crippen molar-refractivity contribution in [2.45, 2.75) is 45.8 Å². The van der Waals surface area contributed by atoms with Gasteiger partial charge in [0.25, 0.3) is 0 Å². The van der Waals surface area contributed by atoms with Gasteiger partial charge in [0.05, 0.1) is 5.69 Å². The highest BCUT2D eigenvalue weighted by Crippen LogP contribution is 2.35. The molecule has 3 aromatic heterocycles. The highest BCUT2D eigenvalue weighted by atomic mass is 16.5. The molecule has 2 aliphatic heterocycles. The molecule has 0 unspecified atom stereocenters. The molecule has 0 amide bonds. The number of aryl methyl sites for hydroxylation is 3. The summed E-state index contributed by atoms with van der Waals surface area (Å²) < 4.78 is 9.84. The monoisotopic (exact) mass is 353 g/mol. The summed E-state index contributed by atoms with van der Waals surface area (Å²) in [5, 5.41) is 9.03. The lowest BCUT2D eigenvalue weighted by Gasteiger charge is -2.29. The van der Waals surface area contributed by atoms with Gasteiger partial charge in [-0.3, -0.25) is 4.68 Å². The Hall–Kier alpha value is -2.48. The average molecular weight is 353 g/mol. The van der Waals surface area contributed by atoms with Gasteiger partial charge < -0.3 is 9.64 Å². The third kappa shape index (κ3) is 2.25. The van der Waals surface area contributed by atoms with Gasteiger partial charge in [0.1, 0.15) is 29.5 Å². The zero-order valence-electron chi connectivity index (χ0n) is 15.4. The fourth-order valence-electron chi connectivity index (χ4n) is 4.30. The van der Waals surface area contributed by atoms with Crippen LogP contribution in [-0.4, -0.2) is 42.5 Å². The van der Waals surface area contributed by atoms with E-state index in [1.807, 2.05) is 23.2 Å². The molecule has 5 rings (SSSR count). The molecule has 1 saturated heterocycles. The number of fused-ring (bicyclic) bond motifs is 2. The highest BCUT2D eigenvalue weighted by Gasteiger charge is 2.30. The predicted molar refractivity (Wildman–Crippen MR) is 96.1 cm³/mol. The molecule has 8 nitrogen and oxygen atoms in total. The molecule has 0 saturated carbocycles. The van der Waals surface area contributed by atoms with Crippen LogP contribution in [0.1, 0.15) is 47.4 Å². The molecule has 136 valence electrons. The lowest BCUT2D eigenvalue weighted by Crippen LogP contribution is -2.32. The zero-order valence-corrected chi connectivity index (χ0v) is 15.4. The molecule has 0 spiro atoms. The van der Waals surface area contributed by atoms with Crippen LogP contribution in [0.3, 0.4) is 0 Å². The van der Waals surface area contributed by atoms with Gasteiger partial charge in [-0.25, -0.2) is 14.5 Å². The minimum Gasteiger partial charge on any atom is -0.372 e. The van der Waals surface area contributed by atoms with Crippen molar-refractivity contribution in [1.29, 1.82) is 0 Å². The Morgan fingerprint density at radius 3 is 2.96 bits per heavy atom. The van der Waals surface area contributed by atoms with Gasteiger partial charge in [-0.1, -0.05) is 0 Å². The Morgan fingerprint density at radius 1 is 1.27 bits per heavy atom. The van der Waals surface area contributed by atoms with Crippen molar-refractivity contribution in [3.63, 3.8) is 0 Å². The van der Waals surface area contributed by atoms with Gasteiger partial charge in [-0.2, -0.15) is 10.2 Å². The van der Waals surface area contributed by atoms with Crippen molar-refractivity contribution < 1.29 is 4.74 Å². The lowest BCUT2D eigenvalue weighted by molar-refractivity contribution is 0.110. The van der Waals surface area contributed by atoms with E-state index >= 15 is 0 Å². The number of hydrogen-bond acceptors (Lipinski definition) is 6. The van der Waals surface area contributed by atoms with Gasteiger partial charge in [-0.05, 0) is 26.7 Å². The Labute approximate surface area is 151 Å². The largest absolute Gasteiger partial charge is 0.372 e. The normalized spacial score (nSPS) is 20.1. The van der Waals surface area contributed by atoms with E-state index in [0.29, 0.717) is 0 Å². The number of anilines is 1. The number of aromatic nitrogens is 6. The maximum atomic E-state index is 5.92. The molecule has 1 atom stereocenters. The molecule has 0 radical (unpaired) electrons. The predicted octanol–water partition coefficient (Wildman–Crippen LogP) is 1.89. The van der Waals surface area contributed by atoms with Crippen LogP contribution in [-0.2, 0) is 24.8 Å². The Kier molecular flexibility index (Phi) is 3.49. The average Bonchev–Trinajstić information content (AvgIpc) is 3.35. The first-order valence-corrected chi connectivity index (χ1v) is 9.21. The molecule has 0 aliphatic carbocycles. The Bertz CT molecular complexity index is 983. The van der Waals surface area contributed by atoms with Crippen LogP contribution >= 0.6 is 0 Å². The van der Waals surface area contributed by atoms with Crippen LogP contribution in [0, 0.1) is 13.8 Å². The van der Waals surface area contributed by atoms with E-state index in [1.54, 1.807) is 6.33 Å². The molecular formula is C18H23N7O. The molecule has 8 heteroatoms. The zero-order chi connectivity index (χ0) is 17.8. The molecular weight excluding hydrogens is 330 g/mol. The number of nitrogens with zero attached hydrogens (tertiary/aromatic N) is 7. The lowest BCUT2D eigenvalue weighted by atomic mass is 10.1. The van der Waals surface area contributed by atoms with Crippen molar-refractivity contribution in [2.24, 2.45) is 7.05 Å². The molecule has 0 aromatic carbocycles. The topological polar surface area (TPSA) is 73.4 Å². The van der Waals surface area contributed by atoms with Crippen LogP contribution in [0.25, 0.3) is 5.52 Å². The van der Waals surface area contributed by atoms with E-state index < -0.39 is 0 Å². The quantitative estimate of drug-likeness (QED) is 0.700. The summed E-state index contributed by atoms with van der Waals surface area (Å²) >= 11 is 0. The number of imidazole rings is 1. The third-order valence-corrected chi connectivity index (χ3v) is 5.58. The standard InChI is InChI=1S/C18H23N7O/c1-11-13-9-24(7-6-14(13)23(3)22-11)18-17-16(15-5-4-8-26-15)21-12(2)25(17)20-10-19-18/h10,15H,4-9H2,1-3H3/t15-/m1/s1. The van der Waals surface area contributed by atoms with E-state index in [-0.39, 0.29) is 6.10 Å². The molecule has 0 bridgehead atoms. The minimum atomic E-state index is 0.0453. The van der Waals surface area contributed by atoms with Gasteiger partial charge in [0.15, 0.2) is 5.82 Å². The van der Waals surface area contributed by atoms with E-state index in [4.69, 9.17) is 9.72 Å². The van der Waals surface area contributed by atoms with Crippen LogP contribution in [0.4, 0.5) is 5.82 Å². The van der Waals surface area contributed by atoms with Crippen LogP contribution in [0.5, 0.6) is 0 Å². The number of rotatable bonds is 2. The maximum Gasteiger partial charge on any atom is 0.158 e. The van der Waals surface area contributed by atoms with E-state index in [0.717, 1.165) is 67.5 Å². The number of hydrogen-bond donors (Lipinski definition) is 0. The van der Waals surface area contributed by atoms with Crippen molar-refractivity contribution in [3.05, 3.63) is 34.8 Å². The Morgan fingerprint density at radius 2 is 2.15 bits per heavy atom. The molecule has 0 N–H and O–H groups in total. The first kappa shape index (κ1) is 15.7. The molecule has 3 aromatic rings. The molecule has 1 fully saturated rings. The van der Waals surface area contributed by atoms with Gasteiger partial charge in [0.2, 0.25) is 0 Å². The van der Waals surface area contributed by atoms with E-state index in [1.165, 1.54) is 11.3 Å². The first-order valence-electron chi connectivity index (χ1n) is 9.21. The minimum absolute atomic E-state index is 0.0453. The molecule has 2 aliphatic rings. The number of ether oxygens (including phenoxy) is 1. The summed E-state index contributed by atoms with van der Waals surface area (Å²) in [6, 6.07) is 0. The summed E-state index contributed by atoms with van der Waals surface area (Å²) in [7, 11) is 2.03. The second-order valence-corrected chi connectivity index (χ2v) is 7.20. The molecule has 26 heavy (non-hydrogen) atoms. The maximum absolute atomic E-state index is 5.92. The second kappa shape index (κ2) is 5.77.